The minimum absolute atomic E-state index is 0.144. The van der Waals surface area contributed by atoms with Crippen molar-refractivity contribution < 1.29 is 8.42 Å². The number of anilines is 3. The van der Waals surface area contributed by atoms with Gasteiger partial charge >= 0.3 is 0 Å². The van der Waals surface area contributed by atoms with E-state index in [0.717, 1.165) is 29.7 Å². The number of sulfone groups is 1. The van der Waals surface area contributed by atoms with E-state index in [0.29, 0.717) is 24.9 Å². The van der Waals surface area contributed by atoms with E-state index in [1.54, 1.807) is 12.4 Å². The summed E-state index contributed by atoms with van der Waals surface area (Å²) in [4.78, 5) is 17.9. The van der Waals surface area contributed by atoms with Crippen LogP contribution in [0.3, 0.4) is 0 Å². The van der Waals surface area contributed by atoms with Gasteiger partial charge in [-0.05, 0) is 36.4 Å². The van der Waals surface area contributed by atoms with E-state index in [1.165, 1.54) is 11.1 Å². The maximum Gasteiger partial charge on any atom is 0.227 e. The summed E-state index contributed by atoms with van der Waals surface area (Å²) in [6.45, 7) is 2.77. The SMILES string of the molecule is CN1Cc2ccc(Nc3ncc4ccnc(N5CCS(=O)(=O)CC5)c4n3)cc2C1. The van der Waals surface area contributed by atoms with Crippen LogP contribution in [0.4, 0.5) is 17.5 Å². The highest BCUT2D eigenvalue weighted by Gasteiger charge is 2.24. The van der Waals surface area contributed by atoms with Crippen LogP contribution in [0.1, 0.15) is 11.1 Å². The van der Waals surface area contributed by atoms with Crippen LogP contribution in [0.15, 0.2) is 36.7 Å². The lowest BCUT2D eigenvalue weighted by molar-refractivity contribution is 0.353. The molecule has 0 spiro atoms. The quantitative estimate of drug-likeness (QED) is 0.701. The van der Waals surface area contributed by atoms with E-state index in [2.05, 4.69) is 39.4 Å². The molecule has 8 nitrogen and oxygen atoms in total. The van der Waals surface area contributed by atoms with Crippen molar-refractivity contribution >= 4 is 38.2 Å². The Labute approximate surface area is 169 Å². The van der Waals surface area contributed by atoms with Gasteiger partial charge < -0.3 is 10.2 Å². The van der Waals surface area contributed by atoms with Gasteiger partial charge in [-0.15, -0.1) is 0 Å². The maximum absolute atomic E-state index is 11.8. The monoisotopic (exact) mass is 410 g/mol. The van der Waals surface area contributed by atoms with Crippen molar-refractivity contribution in [1.29, 1.82) is 0 Å². The summed E-state index contributed by atoms with van der Waals surface area (Å²) in [7, 11) is -0.842. The Morgan fingerprint density at radius 3 is 2.66 bits per heavy atom. The Balaban J connectivity index is 1.45. The molecule has 2 aliphatic heterocycles. The zero-order valence-corrected chi connectivity index (χ0v) is 17.0. The number of rotatable bonds is 3. The summed E-state index contributed by atoms with van der Waals surface area (Å²) in [5.41, 5.74) is 4.34. The second kappa shape index (κ2) is 6.93. The first kappa shape index (κ1) is 18.3. The van der Waals surface area contributed by atoms with Gasteiger partial charge in [0.2, 0.25) is 5.95 Å². The van der Waals surface area contributed by atoms with Gasteiger partial charge in [0.1, 0.15) is 5.52 Å². The summed E-state index contributed by atoms with van der Waals surface area (Å²) in [6, 6.07) is 8.20. The third-order valence-corrected chi connectivity index (χ3v) is 7.08. The lowest BCUT2D eigenvalue weighted by Gasteiger charge is -2.28. The Kier molecular flexibility index (Phi) is 4.36. The van der Waals surface area contributed by atoms with E-state index in [9.17, 15) is 8.42 Å². The molecule has 0 aliphatic carbocycles. The molecule has 0 amide bonds. The zero-order chi connectivity index (χ0) is 20.0. The number of nitrogens with zero attached hydrogens (tertiary/aromatic N) is 5. The number of benzene rings is 1. The predicted molar refractivity (Wildman–Crippen MR) is 113 cm³/mol. The van der Waals surface area contributed by atoms with Crippen molar-refractivity contribution in [3.63, 3.8) is 0 Å². The fourth-order valence-electron chi connectivity index (χ4n) is 3.93. The molecule has 0 saturated carbocycles. The fraction of sp³-hybridized carbons (Fsp3) is 0.350. The topological polar surface area (TPSA) is 91.3 Å². The molecule has 3 aromatic rings. The van der Waals surface area contributed by atoms with Crippen LogP contribution < -0.4 is 10.2 Å². The van der Waals surface area contributed by atoms with Crippen molar-refractivity contribution in [3.05, 3.63) is 47.8 Å². The van der Waals surface area contributed by atoms with Crippen LogP contribution in [0.2, 0.25) is 0 Å². The predicted octanol–water partition coefficient (Wildman–Crippen LogP) is 1.95. The van der Waals surface area contributed by atoms with E-state index in [1.807, 2.05) is 17.0 Å². The Morgan fingerprint density at radius 2 is 1.83 bits per heavy atom. The van der Waals surface area contributed by atoms with Crippen molar-refractivity contribution in [1.82, 2.24) is 19.9 Å². The van der Waals surface area contributed by atoms with E-state index >= 15 is 0 Å². The van der Waals surface area contributed by atoms with Crippen LogP contribution in [-0.2, 0) is 22.9 Å². The number of hydrogen-bond acceptors (Lipinski definition) is 8. The normalized spacial score (nSPS) is 18.7. The van der Waals surface area contributed by atoms with Crippen LogP contribution in [0.5, 0.6) is 0 Å². The summed E-state index contributed by atoms with van der Waals surface area (Å²) in [5.74, 6) is 1.50. The van der Waals surface area contributed by atoms with Gasteiger partial charge in [-0.25, -0.2) is 23.4 Å². The third kappa shape index (κ3) is 3.63. The molecule has 1 aromatic carbocycles. The largest absolute Gasteiger partial charge is 0.353 e. The highest BCUT2D eigenvalue weighted by atomic mass is 32.2. The van der Waals surface area contributed by atoms with E-state index < -0.39 is 9.84 Å². The molecular weight excluding hydrogens is 388 g/mol. The molecule has 1 saturated heterocycles. The average molecular weight is 411 g/mol. The molecule has 4 heterocycles. The summed E-state index contributed by atoms with van der Waals surface area (Å²) in [6.07, 6.45) is 3.49. The molecule has 0 unspecified atom stereocenters. The Bertz CT molecular complexity index is 1180. The first-order valence-electron chi connectivity index (χ1n) is 9.61. The molecule has 150 valence electrons. The van der Waals surface area contributed by atoms with E-state index in [4.69, 9.17) is 4.98 Å². The van der Waals surface area contributed by atoms with Crippen molar-refractivity contribution in [2.75, 3.05) is 41.9 Å². The van der Waals surface area contributed by atoms with Gasteiger partial charge in [-0.1, -0.05) is 6.07 Å². The van der Waals surface area contributed by atoms with Crippen molar-refractivity contribution in [2.45, 2.75) is 13.1 Å². The Morgan fingerprint density at radius 1 is 1.03 bits per heavy atom. The van der Waals surface area contributed by atoms with Gasteiger partial charge in [-0.2, -0.15) is 0 Å². The molecule has 1 N–H and O–H groups in total. The second-order valence-electron chi connectivity index (χ2n) is 7.69. The highest BCUT2D eigenvalue weighted by Crippen LogP contribution is 2.28. The number of fused-ring (bicyclic) bond motifs is 2. The minimum atomic E-state index is -2.95. The highest BCUT2D eigenvalue weighted by molar-refractivity contribution is 7.91. The molecular formula is C20H22N6O2S. The molecule has 0 radical (unpaired) electrons. The third-order valence-electron chi connectivity index (χ3n) is 5.47. The second-order valence-corrected chi connectivity index (χ2v) is 9.99. The van der Waals surface area contributed by atoms with Gasteiger partial charge in [0, 0.05) is 49.6 Å². The van der Waals surface area contributed by atoms with Crippen LogP contribution >= 0.6 is 0 Å². The Hall–Kier alpha value is -2.78. The summed E-state index contributed by atoms with van der Waals surface area (Å²) < 4.78 is 23.5. The smallest absolute Gasteiger partial charge is 0.227 e. The fourth-order valence-corrected chi connectivity index (χ4v) is 5.13. The first-order valence-corrected chi connectivity index (χ1v) is 11.4. The number of nitrogens with one attached hydrogen (secondary N) is 1. The molecule has 29 heavy (non-hydrogen) atoms. The molecule has 2 aromatic heterocycles. The van der Waals surface area contributed by atoms with Crippen LogP contribution in [-0.4, -0.2) is 59.9 Å². The first-order chi connectivity index (χ1) is 14.0. The lowest BCUT2D eigenvalue weighted by atomic mass is 10.1. The molecule has 1 fully saturated rings. The van der Waals surface area contributed by atoms with Gasteiger partial charge in [0.15, 0.2) is 15.7 Å². The van der Waals surface area contributed by atoms with Crippen LogP contribution in [0.25, 0.3) is 10.9 Å². The molecule has 0 atom stereocenters. The van der Waals surface area contributed by atoms with Gasteiger partial charge in [0.25, 0.3) is 0 Å². The average Bonchev–Trinajstić information content (AvgIpc) is 3.07. The minimum Gasteiger partial charge on any atom is -0.353 e. The molecule has 9 heteroatoms. The summed E-state index contributed by atoms with van der Waals surface area (Å²) >= 11 is 0. The maximum atomic E-state index is 11.8. The number of hydrogen-bond donors (Lipinski definition) is 1. The van der Waals surface area contributed by atoms with E-state index in [-0.39, 0.29) is 11.5 Å². The number of aromatic nitrogens is 3. The number of pyridine rings is 1. The molecule has 2 aliphatic rings. The van der Waals surface area contributed by atoms with Crippen molar-refractivity contribution in [2.24, 2.45) is 0 Å². The van der Waals surface area contributed by atoms with Gasteiger partial charge in [-0.3, -0.25) is 4.90 Å². The molecule has 0 bridgehead atoms. The van der Waals surface area contributed by atoms with Gasteiger partial charge in [0.05, 0.1) is 11.5 Å². The van der Waals surface area contributed by atoms with Crippen molar-refractivity contribution in [3.8, 4) is 0 Å². The standard InChI is InChI=1S/C20H22N6O2S/c1-25-12-15-2-3-17(10-16(15)13-25)23-20-22-11-14-4-5-21-19(18(14)24-20)26-6-8-29(27,28)9-7-26/h2-5,10-11H,6-9,12-13H2,1H3,(H,22,23,24). The van der Waals surface area contributed by atoms with Crippen LogP contribution in [0, 0.1) is 0 Å². The molecule has 5 rings (SSSR count). The summed E-state index contributed by atoms with van der Waals surface area (Å²) in [5, 5.41) is 4.18. The lowest BCUT2D eigenvalue weighted by Crippen LogP contribution is -2.40. The zero-order valence-electron chi connectivity index (χ0n) is 16.2.